The van der Waals surface area contributed by atoms with E-state index in [4.69, 9.17) is 0 Å². The van der Waals surface area contributed by atoms with Crippen molar-refractivity contribution in [3.8, 4) is 0 Å². The second-order valence-electron chi connectivity index (χ2n) is 6.10. The van der Waals surface area contributed by atoms with Crippen LogP contribution in [0.15, 0.2) is 0 Å². The van der Waals surface area contributed by atoms with Crippen LogP contribution < -0.4 is 5.11 Å². The highest BCUT2D eigenvalue weighted by Crippen LogP contribution is 2.45. The molecule has 0 heterocycles. The molecule has 0 bridgehead atoms. The van der Waals surface area contributed by atoms with Gasteiger partial charge in [-0.2, -0.15) is 13.2 Å². The van der Waals surface area contributed by atoms with Gasteiger partial charge in [-0.25, -0.2) is 0 Å². The van der Waals surface area contributed by atoms with Gasteiger partial charge in [0.25, 0.3) is 0 Å². The second-order valence-corrected chi connectivity index (χ2v) is 6.10. The maximum absolute atomic E-state index is 12.6. The van der Waals surface area contributed by atoms with Crippen molar-refractivity contribution in [1.82, 2.24) is 0 Å². The molecule has 5 heteroatoms. The molecule has 0 radical (unpaired) electrons. The molecule has 110 valence electrons. The van der Waals surface area contributed by atoms with Crippen LogP contribution in [-0.4, -0.2) is 12.1 Å². The van der Waals surface area contributed by atoms with Crippen molar-refractivity contribution in [3.05, 3.63) is 0 Å². The molecule has 0 saturated heterocycles. The zero-order valence-corrected chi connectivity index (χ0v) is 10.9. The van der Waals surface area contributed by atoms with Gasteiger partial charge in [0.05, 0.1) is 5.92 Å². The predicted octanol–water partition coefficient (Wildman–Crippen LogP) is 2.91. The molecule has 2 nitrogen and oxygen atoms in total. The van der Waals surface area contributed by atoms with Crippen LogP contribution in [0.5, 0.6) is 0 Å². The number of hydrogen-bond acceptors (Lipinski definition) is 2. The summed E-state index contributed by atoms with van der Waals surface area (Å²) in [4.78, 5) is 10.9. The Hall–Kier alpha value is -0.740. The van der Waals surface area contributed by atoms with E-state index in [9.17, 15) is 23.1 Å². The van der Waals surface area contributed by atoms with Gasteiger partial charge in [-0.05, 0) is 56.3 Å². The Labute approximate surface area is 111 Å². The largest absolute Gasteiger partial charge is 0.550 e. The van der Waals surface area contributed by atoms with Gasteiger partial charge >= 0.3 is 6.18 Å². The third-order valence-corrected chi connectivity index (χ3v) is 4.95. The number of carboxylic acids is 1. The molecule has 2 aliphatic rings. The topological polar surface area (TPSA) is 40.1 Å². The van der Waals surface area contributed by atoms with E-state index in [-0.39, 0.29) is 30.6 Å². The Balaban J connectivity index is 1.86. The highest BCUT2D eigenvalue weighted by molar-refractivity contribution is 5.67. The normalized spacial score (nSPS) is 37.0. The van der Waals surface area contributed by atoms with Crippen molar-refractivity contribution < 1.29 is 23.1 Å². The molecular weight excluding hydrogens is 257 g/mol. The first-order valence-corrected chi connectivity index (χ1v) is 7.15. The average molecular weight is 277 g/mol. The van der Waals surface area contributed by atoms with Crippen molar-refractivity contribution in [2.24, 2.45) is 23.7 Å². The average Bonchev–Trinajstić information content (AvgIpc) is 2.38. The number of carboxylic acid groups (broad SMARTS) is 1. The maximum atomic E-state index is 12.6. The Morgan fingerprint density at radius 2 is 1.58 bits per heavy atom. The van der Waals surface area contributed by atoms with Crippen molar-refractivity contribution >= 4 is 5.97 Å². The third kappa shape index (κ3) is 3.63. The second kappa shape index (κ2) is 5.71. The van der Waals surface area contributed by atoms with Crippen molar-refractivity contribution in [2.75, 3.05) is 0 Å². The smallest absolute Gasteiger partial charge is 0.391 e. The van der Waals surface area contributed by atoms with E-state index in [1.807, 2.05) is 0 Å². The van der Waals surface area contributed by atoms with Gasteiger partial charge in [0.2, 0.25) is 0 Å². The summed E-state index contributed by atoms with van der Waals surface area (Å²) in [5.74, 6) is -1.97. The number of rotatable bonds is 2. The maximum Gasteiger partial charge on any atom is 0.391 e. The minimum Gasteiger partial charge on any atom is -0.550 e. The van der Waals surface area contributed by atoms with Crippen LogP contribution in [0.1, 0.15) is 51.4 Å². The number of aliphatic carboxylic acids is 1. The first-order valence-electron chi connectivity index (χ1n) is 7.15. The lowest BCUT2D eigenvalue weighted by Crippen LogP contribution is -2.37. The summed E-state index contributed by atoms with van der Waals surface area (Å²) in [6.07, 6.45) is 0.629. The summed E-state index contributed by atoms with van der Waals surface area (Å²) in [7, 11) is 0. The number of halogens is 3. The van der Waals surface area contributed by atoms with Gasteiger partial charge in [0.1, 0.15) is 0 Å². The molecule has 2 rings (SSSR count). The van der Waals surface area contributed by atoms with E-state index in [2.05, 4.69) is 0 Å². The number of hydrogen-bond donors (Lipinski definition) is 0. The van der Waals surface area contributed by atoms with E-state index >= 15 is 0 Å². The summed E-state index contributed by atoms with van der Waals surface area (Å²) < 4.78 is 37.8. The standard InChI is InChI=1S/C14H21F3O2/c15-14(16,17)12-6-4-9(5-7-12)10-2-1-3-11(8-10)13(18)19/h9-12H,1-8H2,(H,18,19)/p-1. The van der Waals surface area contributed by atoms with Crippen LogP contribution in [0.3, 0.4) is 0 Å². The van der Waals surface area contributed by atoms with Crippen LogP contribution in [0.2, 0.25) is 0 Å². The lowest BCUT2D eigenvalue weighted by molar-refractivity contribution is -0.313. The Morgan fingerprint density at radius 1 is 0.947 bits per heavy atom. The Bertz CT molecular complexity index is 319. The molecular formula is C14H20F3O2-. The monoisotopic (exact) mass is 277 g/mol. The van der Waals surface area contributed by atoms with Crippen LogP contribution >= 0.6 is 0 Å². The Kier molecular flexibility index (Phi) is 4.41. The predicted molar refractivity (Wildman–Crippen MR) is 62.0 cm³/mol. The van der Waals surface area contributed by atoms with Gasteiger partial charge < -0.3 is 9.90 Å². The van der Waals surface area contributed by atoms with Gasteiger partial charge in [0.15, 0.2) is 0 Å². The minimum atomic E-state index is -4.06. The molecule has 2 unspecified atom stereocenters. The molecule has 0 aromatic carbocycles. The summed E-state index contributed by atoms with van der Waals surface area (Å²) >= 11 is 0. The number of carbonyl (C=O) groups is 1. The zero-order valence-electron chi connectivity index (χ0n) is 10.9. The van der Waals surface area contributed by atoms with Crippen LogP contribution in [0.4, 0.5) is 13.2 Å². The number of alkyl halides is 3. The SMILES string of the molecule is O=C([O-])C1CCCC(C2CCC(C(F)(F)F)CC2)C1. The quantitative estimate of drug-likeness (QED) is 0.778. The van der Waals surface area contributed by atoms with Gasteiger partial charge in [0, 0.05) is 5.97 Å². The fourth-order valence-corrected chi connectivity index (χ4v) is 3.79. The van der Waals surface area contributed by atoms with E-state index in [1.165, 1.54) is 0 Å². The molecule has 0 aliphatic heterocycles. The molecule has 19 heavy (non-hydrogen) atoms. The van der Waals surface area contributed by atoms with Crippen LogP contribution in [0, 0.1) is 23.7 Å². The summed E-state index contributed by atoms with van der Waals surface area (Å²) in [5.41, 5.74) is 0. The summed E-state index contributed by atoms with van der Waals surface area (Å²) in [6, 6.07) is 0. The van der Waals surface area contributed by atoms with E-state index < -0.39 is 18.1 Å². The van der Waals surface area contributed by atoms with E-state index in [0.29, 0.717) is 25.7 Å². The molecule has 2 atom stereocenters. The van der Waals surface area contributed by atoms with E-state index in [0.717, 1.165) is 12.8 Å². The van der Waals surface area contributed by atoms with Crippen molar-refractivity contribution in [2.45, 2.75) is 57.5 Å². The first-order chi connectivity index (χ1) is 8.88. The van der Waals surface area contributed by atoms with Crippen LogP contribution in [0.25, 0.3) is 0 Å². The number of carbonyl (C=O) groups excluding carboxylic acids is 1. The highest BCUT2D eigenvalue weighted by Gasteiger charge is 2.42. The fourth-order valence-electron chi connectivity index (χ4n) is 3.79. The van der Waals surface area contributed by atoms with Crippen LogP contribution in [-0.2, 0) is 4.79 Å². The summed E-state index contributed by atoms with van der Waals surface area (Å²) in [6.45, 7) is 0. The summed E-state index contributed by atoms with van der Waals surface area (Å²) in [5, 5.41) is 10.9. The zero-order chi connectivity index (χ0) is 14.0. The van der Waals surface area contributed by atoms with Gasteiger partial charge in [-0.15, -0.1) is 0 Å². The first kappa shape index (κ1) is 14.7. The Morgan fingerprint density at radius 3 is 2.11 bits per heavy atom. The van der Waals surface area contributed by atoms with Crippen molar-refractivity contribution in [3.63, 3.8) is 0 Å². The highest BCUT2D eigenvalue weighted by atomic mass is 19.4. The minimum absolute atomic E-state index is 0.209. The molecule has 2 fully saturated rings. The van der Waals surface area contributed by atoms with Gasteiger partial charge in [-0.3, -0.25) is 0 Å². The lowest BCUT2D eigenvalue weighted by atomic mass is 9.68. The molecule has 0 aromatic rings. The van der Waals surface area contributed by atoms with Gasteiger partial charge in [-0.1, -0.05) is 12.8 Å². The molecule has 0 spiro atoms. The van der Waals surface area contributed by atoms with E-state index in [1.54, 1.807) is 0 Å². The molecule has 0 aromatic heterocycles. The molecule has 0 N–H and O–H groups in total. The molecule has 0 amide bonds. The molecule has 2 saturated carbocycles. The third-order valence-electron chi connectivity index (χ3n) is 4.95. The fraction of sp³-hybridized carbons (Fsp3) is 0.929. The van der Waals surface area contributed by atoms with Crippen molar-refractivity contribution in [1.29, 1.82) is 0 Å². The lowest BCUT2D eigenvalue weighted by Gasteiger charge is -2.38. The molecule has 2 aliphatic carbocycles.